The van der Waals surface area contributed by atoms with Crippen molar-refractivity contribution in [2.24, 2.45) is 0 Å². The number of hydrogen-bond donors (Lipinski definition) is 1. The molecule has 1 saturated heterocycles. The summed E-state index contributed by atoms with van der Waals surface area (Å²) in [5.74, 6) is 0.572. The first-order valence-electron chi connectivity index (χ1n) is 12.2. The molecule has 0 spiro atoms. The molecule has 38 heavy (non-hydrogen) atoms. The highest BCUT2D eigenvalue weighted by molar-refractivity contribution is 8.05. The van der Waals surface area contributed by atoms with Gasteiger partial charge in [0.15, 0.2) is 11.5 Å². The fourth-order valence-electron chi connectivity index (χ4n) is 4.28. The molecule has 1 fully saturated rings. The van der Waals surface area contributed by atoms with Crippen molar-refractivity contribution in [3.8, 4) is 17.6 Å². The van der Waals surface area contributed by atoms with Crippen LogP contribution >= 0.6 is 11.8 Å². The highest BCUT2D eigenvalue weighted by atomic mass is 32.2. The van der Waals surface area contributed by atoms with Crippen LogP contribution in [-0.2, 0) is 22.4 Å². The molecule has 0 radical (unpaired) electrons. The molecule has 0 aliphatic carbocycles. The number of thioether (sulfide) groups is 1. The van der Waals surface area contributed by atoms with Crippen LogP contribution in [0.4, 0.5) is 5.69 Å². The number of nitrogens with one attached hydrogen (secondary N) is 1. The minimum atomic E-state index is -0.513. The number of anilines is 1. The van der Waals surface area contributed by atoms with Crippen molar-refractivity contribution < 1.29 is 19.1 Å². The van der Waals surface area contributed by atoms with Gasteiger partial charge >= 0.3 is 0 Å². The number of carbonyl (C=O) groups is 2. The summed E-state index contributed by atoms with van der Waals surface area (Å²) in [5.41, 5.74) is 3.65. The maximum absolute atomic E-state index is 13.6. The van der Waals surface area contributed by atoms with E-state index in [0.29, 0.717) is 41.6 Å². The average molecular weight is 528 g/mol. The lowest BCUT2D eigenvalue weighted by Gasteiger charge is -2.18. The second-order valence-electron chi connectivity index (χ2n) is 8.73. The van der Waals surface area contributed by atoms with Gasteiger partial charge in [-0.2, -0.15) is 5.26 Å². The van der Waals surface area contributed by atoms with Crippen molar-refractivity contribution in [3.63, 3.8) is 0 Å². The molecular weight excluding hydrogens is 498 g/mol. The molecule has 3 aromatic carbocycles. The number of amides is 2. The summed E-state index contributed by atoms with van der Waals surface area (Å²) < 4.78 is 10.6. The number of hydrogen-bond acceptors (Lipinski definition) is 6. The Hall–Kier alpha value is -4.22. The average Bonchev–Trinajstić information content (AvgIpc) is 3.25. The highest BCUT2D eigenvalue weighted by Crippen LogP contribution is 2.42. The number of methoxy groups -OCH3 is 2. The first-order valence-corrected chi connectivity index (χ1v) is 13.1. The largest absolute Gasteiger partial charge is 0.493 e. The van der Waals surface area contributed by atoms with E-state index in [1.165, 1.54) is 16.7 Å². The third-order valence-corrected chi connectivity index (χ3v) is 7.60. The van der Waals surface area contributed by atoms with Crippen LogP contribution in [-0.4, -0.2) is 37.8 Å². The molecule has 0 aromatic heterocycles. The van der Waals surface area contributed by atoms with E-state index < -0.39 is 11.2 Å². The molecule has 194 valence electrons. The normalized spacial score (nSPS) is 16.1. The van der Waals surface area contributed by atoms with Gasteiger partial charge in [0.2, 0.25) is 5.91 Å². The summed E-state index contributed by atoms with van der Waals surface area (Å²) in [4.78, 5) is 28.3. The van der Waals surface area contributed by atoms with E-state index in [4.69, 9.17) is 9.47 Å². The van der Waals surface area contributed by atoms with E-state index >= 15 is 0 Å². The van der Waals surface area contributed by atoms with Crippen LogP contribution in [0.5, 0.6) is 11.5 Å². The molecule has 7 nitrogen and oxygen atoms in total. The van der Waals surface area contributed by atoms with Crippen LogP contribution < -0.4 is 19.7 Å². The van der Waals surface area contributed by atoms with Gasteiger partial charge in [-0.05, 0) is 60.7 Å². The van der Waals surface area contributed by atoms with Gasteiger partial charge in [-0.3, -0.25) is 14.5 Å². The second-order valence-corrected chi connectivity index (χ2v) is 9.92. The summed E-state index contributed by atoms with van der Waals surface area (Å²) >= 11 is 1.27. The number of benzene rings is 3. The van der Waals surface area contributed by atoms with Crippen LogP contribution in [0.15, 0.2) is 83.4 Å². The summed E-state index contributed by atoms with van der Waals surface area (Å²) in [6.07, 6.45) is 1.03. The van der Waals surface area contributed by atoms with Gasteiger partial charge < -0.3 is 14.8 Å². The molecule has 0 bridgehead atoms. The van der Waals surface area contributed by atoms with Crippen molar-refractivity contribution in [2.75, 3.05) is 25.7 Å². The van der Waals surface area contributed by atoms with Crippen LogP contribution in [0.1, 0.15) is 16.7 Å². The van der Waals surface area contributed by atoms with Gasteiger partial charge in [0, 0.05) is 12.2 Å². The van der Waals surface area contributed by atoms with Crippen molar-refractivity contribution in [1.29, 1.82) is 5.26 Å². The SMILES string of the molecule is COc1ccc(CCNC(=O)/C(C#N)=C2/SC(Cc3ccccc3C)C(=O)N2c2ccccc2)cc1OC. The smallest absolute Gasteiger partial charge is 0.264 e. The number of carbonyl (C=O) groups excluding carboxylic acids is 2. The number of ether oxygens (including phenoxy) is 2. The third-order valence-electron chi connectivity index (χ3n) is 6.33. The molecule has 1 N–H and O–H groups in total. The summed E-state index contributed by atoms with van der Waals surface area (Å²) in [7, 11) is 3.14. The first-order chi connectivity index (χ1) is 18.5. The molecule has 4 rings (SSSR count). The van der Waals surface area contributed by atoms with E-state index in [2.05, 4.69) is 11.4 Å². The standard InChI is InChI=1S/C30H29N3O4S/c1-20-9-7-8-10-22(20)18-27-29(35)33(23-11-5-4-6-12-23)30(38-27)24(19-31)28(34)32-16-15-21-13-14-25(36-2)26(17-21)37-3/h4-14,17,27H,15-16,18H2,1-3H3,(H,32,34)/b30-24+. The Morgan fingerprint density at radius 2 is 1.74 bits per heavy atom. The Kier molecular flexibility index (Phi) is 8.72. The minimum Gasteiger partial charge on any atom is -0.493 e. The van der Waals surface area contributed by atoms with Crippen molar-refractivity contribution in [3.05, 3.63) is 100 Å². The molecule has 0 saturated carbocycles. The van der Waals surface area contributed by atoms with E-state index in [0.717, 1.165) is 16.7 Å². The molecule has 1 heterocycles. The van der Waals surface area contributed by atoms with E-state index in [1.807, 2.05) is 67.6 Å². The molecule has 1 atom stereocenters. The maximum atomic E-state index is 13.6. The molecular formula is C30H29N3O4S. The predicted octanol–water partition coefficient (Wildman–Crippen LogP) is 4.80. The Morgan fingerprint density at radius 1 is 1.03 bits per heavy atom. The third kappa shape index (κ3) is 5.84. The zero-order chi connectivity index (χ0) is 27.1. The summed E-state index contributed by atoms with van der Waals surface area (Å²) in [6, 6.07) is 24.7. The van der Waals surface area contributed by atoms with Crippen LogP contribution in [0, 0.1) is 18.3 Å². The fourth-order valence-corrected chi connectivity index (χ4v) is 5.58. The lowest BCUT2D eigenvalue weighted by molar-refractivity contribution is -0.117. The lowest BCUT2D eigenvalue weighted by atomic mass is 10.0. The monoisotopic (exact) mass is 527 g/mol. The zero-order valence-electron chi connectivity index (χ0n) is 21.6. The van der Waals surface area contributed by atoms with Gasteiger partial charge in [-0.25, -0.2) is 0 Å². The van der Waals surface area contributed by atoms with Crippen molar-refractivity contribution >= 4 is 29.3 Å². The number of nitrogens with zero attached hydrogens (tertiary/aromatic N) is 2. The van der Waals surface area contributed by atoms with Crippen LogP contribution in [0.25, 0.3) is 0 Å². The van der Waals surface area contributed by atoms with Gasteiger partial charge in [0.25, 0.3) is 5.91 Å². The molecule has 1 aliphatic heterocycles. The van der Waals surface area contributed by atoms with E-state index in [1.54, 1.807) is 26.4 Å². The highest BCUT2D eigenvalue weighted by Gasteiger charge is 2.40. The van der Waals surface area contributed by atoms with Gasteiger partial charge in [0.1, 0.15) is 16.7 Å². The van der Waals surface area contributed by atoms with Crippen molar-refractivity contribution in [1.82, 2.24) is 5.32 Å². The summed E-state index contributed by atoms with van der Waals surface area (Å²) in [5, 5.41) is 12.8. The summed E-state index contributed by atoms with van der Waals surface area (Å²) in [6.45, 7) is 2.32. The molecule has 1 unspecified atom stereocenters. The number of aryl methyl sites for hydroxylation is 1. The molecule has 3 aromatic rings. The quantitative estimate of drug-likeness (QED) is 0.318. The number of para-hydroxylation sites is 1. The number of rotatable bonds is 9. The van der Waals surface area contributed by atoms with E-state index in [-0.39, 0.29) is 11.5 Å². The minimum absolute atomic E-state index is 0.0770. The molecule has 2 amide bonds. The van der Waals surface area contributed by atoms with Gasteiger partial charge in [-0.1, -0.05) is 60.3 Å². The first kappa shape index (κ1) is 26.8. The topological polar surface area (TPSA) is 91.7 Å². The van der Waals surface area contributed by atoms with Crippen LogP contribution in [0.2, 0.25) is 0 Å². The molecule has 8 heteroatoms. The van der Waals surface area contributed by atoms with Gasteiger partial charge in [-0.15, -0.1) is 0 Å². The van der Waals surface area contributed by atoms with Crippen LogP contribution in [0.3, 0.4) is 0 Å². The Balaban J connectivity index is 1.57. The number of nitriles is 1. The van der Waals surface area contributed by atoms with Gasteiger partial charge in [0.05, 0.1) is 19.5 Å². The second kappa shape index (κ2) is 12.3. The lowest BCUT2D eigenvalue weighted by Crippen LogP contribution is -2.32. The van der Waals surface area contributed by atoms with E-state index in [9.17, 15) is 14.9 Å². The zero-order valence-corrected chi connectivity index (χ0v) is 22.4. The Bertz CT molecular complexity index is 1400. The Labute approximate surface area is 227 Å². The maximum Gasteiger partial charge on any atom is 0.264 e. The van der Waals surface area contributed by atoms with Crippen molar-refractivity contribution in [2.45, 2.75) is 25.0 Å². The predicted molar refractivity (Wildman–Crippen MR) is 149 cm³/mol. The molecule has 1 aliphatic rings. The Morgan fingerprint density at radius 3 is 2.42 bits per heavy atom. The fraction of sp³-hybridized carbons (Fsp3) is 0.233.